The molecule has 0 unspecified atom stereocenters. The zero-order valence-corrected chi connectivity index (χ0v) is 16.5. The number of anilines is 1. The van der Waals surface area contributed by atoms with E-state index in [2.05, 4.69) is 40.9 Å². The molecular weight excluding hydrogens is 383 g/mol. The maximum Gasteiger partial charge on any atom is 0.433 e. The van der Waals surface area contributed by atoms with Gasteiger partial charge in [0.15, 0.2) is 11.5 Å². The van der Waals surface area contributed by atoms with Crippen molar-refractivity contribution >= 4 is 11.5 Å². The van der Waals surface area contributed by atoms with E-state index in [0.29, 0.717) is 24.6 Å². The Morgan fingerprint density at radius 2 is 1.69 bits per heavy atom. The Morgan fingerprint density at radius 3 is 2.34 bits per heavy atom. The van der Waals surface area contributed by atoms with Crippen LogP contribution in [0.1, 0.15) is 56.7 Å². The standard InChI is InChI=1S/C19H22F3N7/c1-18(2,3)13-4-5-15-25-26-17(29(15)27-13)12-6-8-28(9-7-12)16-10-14(19(20,21)22)23-11-24-16/h4-5,10-12H,6-9H2,1-3H3. The predicted octanol–water partition coefficient (Wildman–Crippen LogP) is 3.61. The van der Waals surface area contributed by atoms with E-state index < -0.39 is 11.9 Å². The number of nitrogens with zero attached hydrogens (tertiary/aromatic N) is 7. The van der Waals surface area contributed by atoms with Gasteiger partial charge in [0.05, 0.1) is 5.69 Å². The molecule has 0 N–H and O–H groups in total. The van der Waals surface area contributed by atoms with Crippen LogP contribution in [0.3, 0.4) is 0 Å². The average molecular weight is 405 g/mol. The van der Waals surface area contributed by atoms with Crippen molar-refractivity contribution in [3.05, 3.63) is 41.7 Å². The van der Waals surface area contributed by atoms with Gasteiger partial charge in [0.1, 0.15) is 17.8 Å². The van der Waals surface area contributed by atoms with Crippen LogP contribution in [-0.2, 0) is 11.6 Å². The molecule has 10 heteroatoms. The summed E-state index contributed by atoms with van der Waals surface area (Å²) in [6.45, 7) is 7.45. The number of halogens is 3. The van der Waals surface area contributed by atoms with Crippen molar-refractivity contribution in [2.75, 3.05) is 18.0 Å². The van der Waals surface area contributed by atoms with Gasteiger partial charge in [-0.15, -0.1) is 10.2 Å². The van der Waals surface area contributed by atoms with Gasteiger partial charge in [0, 0.05) is 30.5 Å². The highest BCUT2D eigenvalue weighted by Crippen LogP contribution is 2.32. The molecule has 1 aliphatic heterocycles. The first-order valence-electron chi connectivity index (χ1n) is 9.50. The molecule has 4 heterocycles. The highest BCUT2D eigenvalue weighted by molar-refractivity contribution is 5.41. The third-order valence-electron chi connectivity index (χ3n) is 5.18. The van der Waals surface area contributed by atoms with Crippen molar-refractivity contribution < 1.29 is 13.2 Å². The van der Waals surface area contributed by atoms with E-state index in [1.165, 1.54) is 0 Å². The van der Waals surface area contributed by atoms with Crippen molar-refractivity contribution in [1.29, 1.82) is 0 Å². The predicted molar refractivity (Wildman–Crippen MR) is 101 cm³/mol. The number of rotatable bonds is 2. The second-order valence-electron chi connectivity index (χ2n) is 8.32. The van der Waals surface area contributed by atoms with Crippen molar-refractivity contribution in [3.8, 4) is 0 Å². The summed E-state index contributed by atoms with van der Waals surface area (Å²) in [7, 11) is 0. The average Bonchev–Trinajstić information content (AvgIpc) is 3.10. The number of fused-ring (bicyclic) bond motifs is 1. The molecule has 0 aromatic carbocycles. The van der Waals surface area contributed by atoms with E-state index in [-0.39, 0.29) is 11.3 Å². The summed E-state index contributed by atoms with van der Waals surface area (Å²) in [5.41, 5.74) is 0.625. The summed E-state index contributed by atoms with van der Waals surface area (Å²) in [5.74, 6) is 1.22. The Morgan fingerprint density at radius 1 is 0.966 bits per heavy atom. The highest BCUT2D eigenvalue weighted by atomic mass is 19.4. The maximum atomic E-state index is 12.9. The molecule has 0 radical (unpaired) electrons. The van der Waals surface area contributed by atoms with Crippen LogP contribution in [0.4, 0.5) is 19.0 Å². The fourth-order valence-electron chi connectivity index (χ4n) is 3.50. The molecule has 1 saturated heterocycles. The van der Waals surface area contributed by atoms with E-state index in [1.807, 2.05) is 17.0 Å². The molecule has 0 saturated carbocycles. The third kappa shape index (κ3) is 3.88. The fraction of sp³-hybridized carbons (Fsp3) is 0.526. The van der Waals surface area contributed by atoms with E-state index in [1.54, 1.807) is 4.52 Å². The summed E-state index contributed by atoms with van der Waals surface area (Å²) >= 11 is 0. The van der Waals surface area contributed by atoms with Crippen LogP contribution in [0, 0.1) is 0 Å². The number of piperidine rings is 1. The van der Waals surface area contributed by atoms with Crippen LogP contribution in [0.5, 0.6) is 0 Å². The number of hydrogen-bond donors (Lipinski definition) is 0. The number of aromatic nitrogens is 6. The van der Waals surface area contributed by atoms with Gasteiger partial charge in [-0.3, -0.25) is 0 Å². The summed E-state index contributed by atoms with van der Waals surface area (Å²) < 4.78 is 40.5. The molecule has 29 heavy (non-hydrogen) atoms. The molecule has 7 nitrogen and oxygen atoms in total. The minimum Gasteiger partial charge on any atom is -0.356 e. The van der Waals surface area contributed by atoms with Gasteiger partial charge >= 0.3 is 6.18 Å². The summed E-state index contributed by atoms with van der Waals surface area (Å²) in [6.07, 6.45) is -2.05. The first-order chi connectivity index (χ1) is 13.6. The van der Waals surface area contributed by atoms with Crippen LogP contribution in [-0.4, -0.2) is 42.9 Å². The van der Waals surface area contributed by atoms with Crippen LogP contribution >= 0.6 is 0 Å². The van der Waals surface area contributed by atoms with E-state index in [4.69, 9.17) is 5.10 Å². The van der Waals surface area contributed by atoms with E-state index in [0.717, 1.165) is 36.8 Å². The largest absolute Gasteiger partial charge is 0.433 e. The summed E-state index contributed by atoms with van der Waals surface area (Å²) in [4.78, 5) is 9.20. The molecule has 154 valence electrons. The smallest absolute Gasteiger partial charge is 0.356 e. The lowest BCUT2D eigenvalue weighted by molar-refractivity contribution is -0.141. The molecule has 0 aliphatic carbocycles. The molecule has 0 bridgehead atoms. The van der Waals surface area contributed by atoms with E-state index >= 15 is 0 Å². The molecule has 3 aromatic heterocycles. The zero-order valence-electron chi connectivity index (χ0n) is 16.5. The Labute approximate surface area is 166 Å². The summed E-state index contributed by atoms with van der Waals surface area (Å²) in [5, 5.41) is 13.3. The first kappa shape index (κ1) is 19.5. The van der Waals surface area contributed by atoms with Gasteiger partial charge in [-0.1, -0.05) is 20.8 Å². The molecule has 0 amide bonds. The third-order valence-corrected chi connectivity index (χ3v) is 5.18. The second-order valence-corrected chi connectivity index (χ2v) is 8.32. The van der Waals surface area contributed by atoms with Gasteiger partial charge in [0.25, 0.3) is 0 Å². The highest BCUT2D eigenvalue weighted by Gasteiger charge is 2.34. The maximum absolute atomic E-state index is 12.9. The quantitative estimate of drug-likeness (QED) is 0.649. The lowest BCUT2D eigenvalue weighted by atomic mass is 9.92. The van der Waals surface area contributed by atoms with Crippen LogP contribution < -0.4 is 4.90 Å². The number of alkyl halides is 3. The summed E-state index contributed by atoms with van der Waals surface area (Å²) in [6, 6.07) is 4.88. The minimum atomic E-state index is -4.48. The Kier molecular flexibility index (Phi) is 4.66. The SMILES string of the molecule is CC(C)(C)c1ccc2nnc(C3CCN(c4cc(C(F)(F)F)ncn4)CC3)n2n1. The van der Waals surface area contributed by atoms with Crippen LogP contribution in [0.25, 0.3) is 5.65 Å². The van der Waals surface area contributed by atoms with Crippen LogP contribution in [0.15, 0.2) is 24.5 Å². The van der Waals surface area contributed by atoms with Gasteiger partial charge in [0.2, 0.25) is 0 Å². The molecule has 3 aromatic rings. The minimum absolute atomic E-state index is 0.0949. The Balaban J connectivity index is 1.53. The molecule has 1 aliphatic rings. The molecule has 4 rings (SSSR count). The van der Waals surface area contributed by atoms with Gasteiger partial charge in [-0.25, -0.2) is 9.97 Å². The second kappa shape index (κ2) is 6.93. The Hall–Kier alpha value is -2.78. The zero-order chi connectivity index (χ0) is 20.8. The van der Waals surface area contributed by atoms with Gasteiger partial charge in [-0.05, 0) is 25.0 Å². The fourth-order valence-corrected chi connectivity index (χ4v) is 3.50. The van der Waals surface area contributed by atoms with Crippen LogP contribution in [0.2, 0.25) is 0 Å². The van der Waals surface area contributed by atoms with Crippen molar-refractivity contribution in [2.24, 2.45) is 0 Å². The monoisotopic (exact) mass is 405 g/mol. The Bertz CT molecular complexity index is 1010. The van der Waals surface area contributed by atoms with Crippen molar-refractivity contribution in [1.82, 2.24) is 29.8 Å². The van der Waals surface area contributed by atoms with E-state index in [9.17, 15) is 13.2 Å². The molecule has 1 fully saturated rings. The molecule has 0 spiro atoms. The van der Waals surface area contributed by atoms with Crippen molar-refractivity contribution in [2.45, 2.75) is 51.1 Å². The van der Waals surface area contributed by atoms with Gasteiger partial charge < -0.3 is 4.90 Å². The molecule has 0 atom stereocenters. The number of hydrogen-bond acceptors (Lipinski definition) is 6. The van der Waals surface area contributed by atoms with Gasteiger partial charge in [-0.2, -0.15) is 22.8 Å². The lowest BCUT2D eigenvalue weighted by Crippen LogP contribution is -2.34. The topological polar surface area (TPSA) is 72.1 Å². The first-order valence-corrected chi connectivity index (χ1v) is 9.50. The van der Waals surface area contributed by atoms with Crippen molar-refractivity contribution in [3.63, 3.8) is 0 Å². The lowest BCUT2D eigenvalue weighted by Gasteiger charge is -2.32. The molecular formula is C19H22F3N7. The normalized spacial score (nSPS) is 16.6.